The van der Waals surface area contributed by atoms with Crippen LogP contribution in [0.4, 0.5) is 0 Å². The second kappa shape index (κ2) is 10.4. The molecule has 0 spiro atoms. The van der Waals surface area contributed by atoms with E-state index in [-0.39, 0.29) is 21.8 Å². The number of thiazole rings is 1. The molecular formula is C23H23Cl2N3O5S2. The maximum Gasteiger partial charge on any atom is 0.325 e. The van der Waals surface area contributed by atoms with Gasteiger partial charge in [-0.3, -0.25) is 9.59 Å². The number of carbonyl (C=O) groups excluding carboxylic acids is 2. The molecule has 1 saturated heterocycles. The summed E-state index contributed by atoms with van der Waals surface area (Å²) in [6, 6.07) is 8.92. The van der Waals surface area contributed by atoms with Gasteiger partial charge < -0.3 is 9.30 Å². The van der Waals surface area contributed by atoms with Crippen LogP contribution in [-0.4, -0.2) is 49.4 Å². The third kappa shape index (κ3) is 5.46. The number of hydrogen-bond acceptors (Lipinski definition) is 6. The van der Waals surface area contributed by atoms with Crippen molar-refractivity contribution in [1.29, 1.82) is 0 Å². The maximum atomic E-state index is 12.9. The van der Waals surface area contributed by atoms with Crippen LogP contribution < -0.4 is 4.80 Å². The smallest absolute Gasteiger partial charge is 0.325 e. The number of esters is 1. The first-order chi connectivity index (χ1) is 16.6. The molecule has 0 saturated carbocycles. The lowest BCUT2D eigenvalue weighted by atomic mass is 10.0. The minimum absolute atomic E-state index is 0.132. The molecule has 0 unspecified atom stereocenters. The van der Waals surface area contributed by atoms with Crippen LogP contribution >= 0.6 is 34.5 Å². The summed E-state index contributed by atoms with van der Waals surface area (Å²) in [6.45, 7) is 2.88. The number of amides is 1. The van der Waals surface area contributed by atoms with Crippen molar-refractivity contribution < 1.29 is 22.7 Å². The van der Waals surface area contributed by atoms with Crippen molar-refractivity contribution in [2.24, 2.45) is 10.9 Å². The number of rotatable bonds is 5. The zero-order valence-corrected chi connectivity index (χ0v) is 22.2. The van der Waals surface area contributed by atoms with E-state index in [2.05, 4.69) is 11.9 Å². The summed E-state index contributed by atoms with van der Waals surface area (Å²) in [6.07, 6.45) is 1.65. The molecule has 0 atom stereocenters. The molecule has 12 heteroatoms. The second-order valence-corrected chi connectivity index (χ2v) is 12.1. The first kappa shape index (κ1) is 25.8. The highest BCUT2D eigenvalue weighted by Crippen LogP contribution is 2.30. The van der Waals surface area contributed by atoms with Gasteiger partial charge in [0, 0.05) is 23.7 Å². The quantitative estimate of drug-likeness (QED) is 0.436. The molecule has 0 radical (unpaired) electrons. The molecule has 1 aliphatic rings. The Morgan fingerprint density at radius 1 is 1.14 bits per heavy atom. The van der Waals surface area contributed by atoms with E-state index >= 15 is 0 Å². The van der Waals surface area contributed by atoms with Gasteiger partial charge in [0.1, 0.15) is 6.54 Å². The predicted octanol–water partition coefficient (Wildman–Crippen LogP) is 4.34. The number of benzene rings is 2. The summed E-state index contributed by atoms with van der Waals surface area (Å²) in [7, 11) is -2.36. The highest BCUT2D eigenvalue weighted by Gasteiger charge is 2.28. The largest absolute Gasteiger partial charge is 0.468 e. The third-order valence-electron chi connectivity index (χ3n) is 5.89. The van der Waals surface area contributed by atoms with Gasteiger partial charge >= 0.3 is 5.97 Å². The Morgan fingerprint density at radius 3 is 2.43 bits per heavy atom. The fraction of sp³-hybridized carbons (Fsp3) is 0.348. The number of piperidine rings is 1. The number of ether oxygens (including phenoxy) is 1. The molecule has 1 amide bonds. The van der Waals surface area contributed by atoms with E-state index in [0.29, 0.717) is 39.3 Å². The van der Waals surface area contributed by atoms with Gasteiger partial charge in [-0.1, -0.05) is 41.5 Å². The van der Waals surface area contributed by atoms with Gasteiger partial charge in [0.2, 0.25) is 10.0 Å². The normalized spacial score (nSPS) is 16.1. The minimum atomic E-state index is -3.63. The molecule has 0 bridgehead atoms. The molecule has 2 aromatic carbocycles. The fourth-order valence-electron chi connectivity index (χ4n) is 3.85. The molecular weight excluding hydrogens is 533 g/mol. The molecule has 1 fully saturated rings. The monoisotopic (exact) mass is 555 g/mol. The highest BCUT2D eigenvalue weighted by molar-refractivity contribution is 7.89. The Morgan fingerprint density at radius 2 is 1.80 bits per heavy atom. The van der Waals surface area contributed by atoms with Gasteiger partial charge in [0.05, 0.1) is 27.2 Å². The minimum Gasteiger partial charge on any atom is -0.468 e. The SMILES string of the molecule is COC(=O)Cn1c(=NC(=O)c2ccc(S(=O)(=O)N3CCC(C)CC3)cc2)sc2cc(Cl)cc(Cl)c21. The molecule has 8 nitrogen and oxygen atoms in total. The summed E-state index contributed by atoms with van der Waals surface area (Å²) in [5, 5.41) is 0.718. The summed E-state index contributed by atoms with van der Waals surface area (Å²) in [4.78, 5) is 29.5. The highest BCUT2D eigenvalue weighted by atomic mass is 35.5. The van der Waals surface area contributed by atoms with Crippen molar-refractivity contribution in [1.82, 2.24) is 8.87 Å². The maximum absolute atomic E-state index is 12.9. The van der Waals surface area contributed by atoms with E-state index in [4.69, 9.17) is 27.9 Å². The standard InChI is InChI=1S/C23H23Cl2N3O5S2/c1-14-7-9-27(10-8-14)35(31,32)17-5-3-15(4-6-17)22(30)26-23-28(13-20(29)33-2)21-18(25)11-16(24)12-19(21)34-23/h3-6,11-12,14H,7-10,13H2,1-2H3. The van der Waals surface area contributed by atoms with Crippen LogP contribution in [0.15, 0.2) is 46.3 Å². The number of carbonyl (C=O) groups is 2. The molecule has 186 valence electrons. The van der Waals surface area contributed by atoms with Gasteiger partial charge in [-0.15, -0.1) is 0 Å². The number of halogens is 2. The number of fused-ring (bicyclic) bond motifs is 1. The Labute approximate surface area is 216 Å². The summed E-state index contributed by atoms with van der Waals surface area (Å²) in [5.41, 5.74) is 0.720. The summed E-state index contributed by atoms with van der Waals surface area (Å²) < 4.78 is 34.3. The number of nitrogens with zero attached hydrogens (tertiary/aromatic N) is 3. The molecule has 3 aromatic rings. The first-order valence-corrected chi connectivity index (χ1v) is 13.9. The average molecular weight is 556 g/mol. The third-order valence-corrected chi connectivity index (χ3v) is 9.33. The van der Waals surface area contributed by atoms with E-state index in [9.17, 15) is 18.0 Å². The zero-order chi connectivity index (χ0) is 25.3. The number of hydrogen-bond donors (Lipinski definition) is 0. The molecule has 1 aromatic heterocycles. The van der Waals surface area contributed by atoms with Crippen LogP contribution in [0, 0.1) is 5.92 Å². The average Bonchev–Trinajstić information content (AvgIpc) is 3.15. The molecule has 35 heavy (non-hydrogen) atoms. The first-order valence-electron chi connectivity index (χ1n) is 10.8. The molecule has 1 aliphatic heterocycles. The van der Waals surface area contributed by atoms with Crippen LogP contribution in [0.5, 0.6) is 0 Å². The zero-order valence-electron chi connectivity index (χ0n) is 19.0. The molecule has 0 aliphatic carbocycles. The van der Waals surface area contributed by atoms with E-state index in [1.165, 1.54) is 40.2 Å². The lowest BCUT2D eigenvalue weighted by molar-refractivity contribution is -0.141. The number of methoxy groups -OCH3 is 1. The van der Waals surface area contributed by atoms with Gasteiger partial charge in [0.15, 0.2) is 4.80 Å². The van der Waals surface area contributed by atoms with Gasteiger partial charge in [-0.25, -0.2) is 8.42 Å². The van der Waals surface area contributed by atoms with E-state index in [0.717, 1.165) is 24.2 Å². The van der Waals surface area contributed by atoms with Gasteiger partial charge in [-0.05, 0) is 55.2 Å². The van der Waals surface area contributed by atoms with Gasteiger partial charge in [-0.2, -0.15) is 9.30 Å². The van der Waals surface area contributed by atoms with Crippen molar-refractivity contribution in [2.45, 2.75) is 31.2 Å². The number of aromatic nitrogens is 1. The van der Waals surface area contributed by atoms with E-state index in [1.54, 1.807) is 12.1 Å². The van der Waals surface area contributed by atoms with Gasteiger partial charge in [0.25, 0.3) is 5.91 Å². The van der Waals surface area contributed by atoms with Crippen LogP contribution in [0.1, 0.15) is 30.1 Å². The number of sulfonamides is 1. The van der Waals surface area contributed by atoms with Crippen LogP contribution in [-0.2, 0) is 26.1 Å². The van der Waals surface area contributed by atoms with Crippen molar-refractivity contribution >= 4 is 66.7 Å². The van der Waals surface area contributed by atoms with Crippen molar-refractivity contribution in [3.63, 3.8) is 0 Å². The van der Waals surface area contributed by atoms with Crippen molar-refractivity contribution in [3.8, 4) is 0 Å². The van der Waals surface area contributed by atoms with E-state index < -0.39 is 21.9 Å². The molecule has 0 N–H and O–H groups in total. The topological polar surface area (TPSA) is 98.0 Å². The lowest BCUT2D eigenvalue weighted by Crippen LogP contribution is -2.37. The van der Waals surface area contributed by atoms with Crippen LogP contribution in [0.2, 0.25) is 10.0 Å². The Kier molecular flexibility index (Phi) is 7.68. The fourth-order valence-corrected chi connectivity index (χ4v) is 7.13. The van der Waals surface area contributed by atoms with Crippen LogP contribution in [0.25, 0.3) is 10.2 Å². The second-order valence-electron chi connectivity index (χ2n) is 8.31. The molecule has 4 rings (SSSR count). The predicted molar refractivity (Wildman–Crippen MR) is 135 cm³/mol. The van der Waals surface area contributed by atoms with Crippen LogP contribution in [0.3, 0.4) is 0 Å². The van der Waals surface area contributed by atoms with E-state index in [1.807, 2.05) is 0 Å². The summed E-state index contributed by atoms with van der Waals surface area (Å²) >= 11 is 13.6. The van der Waals surface area contributed by atoms with Crippen molar-refractivity contribution in [3.05, 3.63) is 56.8 Å². The Bertz CT molecular complexity index is 1450. The lowest BCUT2D eigenvalue weighted by Gasteiger charge is -2.29. The molecule has 2 heterocycles. The summed E-state index contributed by atoms with van der Waals surface area (Å²) in [5.74, 6) is -0.621. The Balaban J connectivity index is 1.67. The Hall–Kier alpha value is -2.24. The van der Waals surface area contributed by atoms with Crippen molar-refractivity contribution in [2.75, 3.05) is 20.2 Å².